The smallest absolute Gasteiger partial charge is 0.363 e. The zero-order valence-corrected chi connectivity index (χ0v) is 19.3. The number of hydrogen-bond acceptors (Lipinski definition) is 8. The molecule has 0 N–H and O–H groups in total. The van der Waals surface area contributed by atoms with E-state index in [0.717, 1.165) is 4.47 Å². The van der Waals surface area contributed by atoms with E-state index in [2.05, 4.69) is 20.9 Å². The van der Waals surface area contributed by atoms with Crippen molar-refractivity contribution in [3.05, 3.63) is 87.5 Å². The molecule has 2 heterocycles. The highest BCUT2D eigenvalue weighted by Gasteiger charge is 2.24. The van der Waals surface area contributed by atoms with Crippen molar-refractivity contribution in [2.45, 2.75) is 0 Å². The Morgan fingerprint density at radius 2 is 1.79 bits per heavy atom. The van der Waals surface area contributed by atoms with E-state index in [1.165, 1.54) is 7.11 Å². The van der Waals surface area contributed by atoms with Gasteiger partial charge in [-0.3, -0.25) is 0 Å². The van der Waals surface area contributed by atoms with Gasteiger partial charge in [0.2, 0.25) is 12.7 Å². The van der Waals surface area contributed by atoms with Crippen LogP contribution in [0.5, 0.6) is 23.0 Å². The molecule has 2 aliphatic heterocycles. The summed E-state index contributed by atoms with van der Waals surface area (Å²) in [5.74, 6) is 0.677. The van der Waals surface area contributed by atoms with Crippen LogP contribution in [-0.4, -0.2) is 31.7 Å². The van der Waals surface area contributed by atoms with Crippen molar-refractivity contribution in [3.8, 4) is 23.0 Å². The highest BCUT2D eigenvalue weighted by Crippen LogP contribution is 2.34. The van der Waals surface area contributed by atoms with Crippen LogP contribution in [0.4, 0.5) is 0 Å². The second kappa shape index (κ2) is 9.03. The van der Waals surface area contributed by atoms with Crippen LogP contribution in [0.25, 0.3) is 6.08 Å². The van der Waals surface area contributed by atoms with Crippen molar-refractivity contribution in [1.29, 1.82) is 0 Å². The second-order valence-corrected chi connectivity index (χ2v) is 8.13. The van der Waals surface area contributed by atoms with Gasteiger partial charge in [-0.05, 0) is 66.2 Å². The van der Waals surface area contributed by atoms with Crippen LogP contribution in [0.3, 0.4) is 0 Å². The molecule has 3 aromatic carbocycles. The molecule has 170 valence electrons. The Kier molecular flexibility index (Phi) is 5.77. The van der Waals surface area contributed by atoms with Crippen molar-refractivity contribution >= 4 is 39.8 Å². The molecule has 0 unspecified atom stereocenters. The number of nitrogens with zero attached hydrogens (tertiary/aromatic N) is 1. The zero-order valence-electron chi connectivity index (χ0n) is 17.7. The molecule has 8 nitrogen and oxygen atoms in total. The number of benzene rings is 3. The number of hydrogen-bond donors (Lipinski definition) is 0. The van der Waals surface area contributed by atoms with Crippen molar-refractivity contribution in [1.82, 2.24) is 0 Å². The lowest BCUT2D eigenvalue weighted by molar-refractivity contribution is -0.129. The van der Waals surface area contributed by atoms with Gasteiger partial charge in [-0.25, -0.2) is 14.6 Å². The zero-order chi connectivity index (χ0) is 23.7. The van der Waals surface area contributed by atoms with Gasteiger partial charge in [0.05, 0.1) is 12.7 Å². The van der Waals surface area contributed by atoms with Crippen LogP contribution >= 0.6 is 15.9 Å². The standard InChI is InChI=1S/C25H16BrNO7/c1-30-21-11-14(10-18-25(29)34-23(27-18)15-3-6-17(26)7-4-15)2-8-20(21)33-24(28)16-5-9-19-22(12-16)32-13-31-19/h2-12H,13H2,1H3. The summed E-state index contributed by atoms with van der Waals surface area (Å²) in [5.41, 5.74) is 1.75. The molecule has 0 spiro atoms. The van der Waals surface area contributed by atoms with Gasteiger partial charge in [-0.15, -0.1) is 0 Å². The summed E-state index contributed by atoms with van der Waals surface area (Å²) in [4.78, 5) is 29.2. The lowest BCUT2D eigenvalue weighted by atomic mass is 10.1. The first kappa shape index (κ1) is 21.7. The number of cyclic esters (lactones) is 1. The normalized spacial score (nSPS) is 15.2. The Morgan fingerprint density at radius 1 is 1.00 bits per heavy atom. The summed E-state index contributed by atoms with van der Waals surface area (Å²) in [6.45, 7) is 0.112. The van der Waals surface area contributed by atoms with Crippen LogP contribution in [0, 0.1) is 0 Å². The van der Waals surface area contributed by atoms with Crippen molar-refractivity contribution in [2.75, 3.05) is 13.9 Å². The van der Waals surface area contributed by atoms with Gasteiger partial charge in [0.15, 0.2) is 28.7 Å². The molecular weight excluding hydrogens is 506 g/mol. The van der Waals surface area contributed by atoms with Crippen LogP contribution in [0.2, 0.25) is 0 Å². The largest absolute Gasteiger partial charge is 0.493 e. The molecule has 0 saturated carbocycles. The SMILES string of the molecule is COc1cc(C=C2N=C(c3ccc(Br)cc3)OC2=O)ccc1OC(=O)c1ccc2c(c1)OCO2. The van der Waals surface area contributed by atoms with Crippen molar-refractivity contribution in [3.63, 3.8) is 0 Å². The third-order valence-electron chi connectivity index (χ3n) is 5.01. The highest BCUT2D eigenvalue weighted by molar-refractivity contribution is 9.10. The average Bonchev–Trinajstić information content (AvgIpc) is 3.46. The molecule has 9 heteroatoms. The van der Waals surface area contributed by atoms with Gasteiger partial charge < -0.3 is 23.7 Å². The molecule has 0 amide bonds. The Balaban J connectivity index is 1.36. The number of esters is 2. The van der Waals surface area contributed by atoms with Crippen LogP contribution in [0.15, 0.2) is 75.8 Å². The Morgan fingerprint density at radius 3 is 2.59 bits per heavy atom. The minimum atomic E-state index is -0.578. The van der Waals surface area contributed by atoms with Gasteiger partial charge >= 0.3 is 11.9 Å². The van der Waals surface area contributed by atoms with Gasteiger partial charge in [-0.1, -0.05) is 22.0 Å². The van der Waals surface area contributed by atoms with Gasteiger partial charge in [0.1, 0.15) is 0 Å². The first-order chi connectivity index (χ1) is 16.5. The average molecular weight is 522 g/mol. The third kappa shape index (κ3) is 4.38. The molecule has 3 aromatic rings. The highest BCUT2D eigenvalue weighted by atomic mass is 79.9. The maximum absolute atomic E-state index is 12.6. The quantitative estimate of drug-likeness (QED) is 0.271. The van der Waals surface area contributed by atoms with Crippen LogP contribution < -0.4 is 18.9 Å². The molecular formula is C25H16BrNO7. The summed E-state index contributed by atoms with van der Waals surface area (Å²) < 4.78 is 27.6. The summed E-state index contributed by atoms with van der Waals surface area (Å²) >= 11 is 3.37. The van der Waals surface area contributed by atoms with E-state index < -0.39 is 11.9 Å². The molecule has 0 aromatic heterocycles. The fraction of sp³-hybridized carbons (Fsp3) is 0.0800. The maximum atomic E-state index is 12.6. The monoisotopic (exact) mass is 521 g/mol. The van der Waals surface area contributed by atoms with E-state index in [1.54, 1.807) is 54.6 Å². The number of methoxy groups -OCH3 is 1. The third-order valence-corrected chi connectivity index (χ3v) is 5.54. The first-order valence-corrected chi connectivity index (χ1v) is 10.9. The lowest BCUT2D eigenvalue weighted by Gasteiger charge is -2.10. The topological polar surface area (TPSA) is 92.7 Å². The fourth-order valence-electron chi connectivity index (χ4n) is 3.32. The molecule has 2 aliphatic rings. The molecule has 5 rings (SSSR count). The first-order valence-electron chi connectivity index (χ1n) is 10.1. The van der Waals surface area contributed by atoms with Gasteiger partial charge in [0.25, 0.3) is 0 Å². The summed E-state index contributed by atoms with van der Waals surface area (Å²) in [6, 6.07) is 17.0. The predicted octanol–water partition coefficient (Wildman–Crippen LogP) is 4.75. The van der Waals surface area contributed by atoms with E-state index in [9.17, 15) is 9.59 Å². The van der Waals surface area contributed by atoms with E-state index in [4.69, 9.17) is 23.7 Å². The van der Waals surface area contributed by atoms with E-state index in [-0.39, 0.29) is 24.1 Å². The van der Waals surface area contributed by atoms with Crippen molar-refractivity contribution < 1.29 is 33.3 Å². The lowest BCUT2D eigenvalue weighted by Crippen LogP contribution is -2.09. The molecule has 0 aliphatic carbocycles. The Labute approximate surface area is 202 Å². The summed E-state index contributed by atoms with van der Waals surface area (Å²) in [5, 5.41) is 0. The number of carbonyl (C=O) groups excluding carboxylic acids is 2. The fourth-order valence-corrected chi connectivity index (χ4v) is 3.59. The van der Waals surface area contributed by atoms with E-state index >= 15 is 0 Å². The summed E-state index contributed by atoms with van der Waals surface area (Å²) in [7, 11) is 1.46. The minimum absolute atomic E-state index is 0.112. The number of carbonyl (C=O) groups is 2. The van der Waals surface area contributed by atoms with Gasteiger partial charge in [0, 0.05) is 10.0 Å². The van der Waals surface area contributed by atoms with E-state index in [0.29, 0.717) is 33.9 Å². The molecule has 34 heavy (non-hydrogen) atoms. The van der Waals surface area contributed by atoms with Crippen molar-refractivity contribution in [2.24, 2.45) is 4.99 Å². The number of rotatable bonds is 5. The number of halogens is 1. The molecule has 0 atom stereocenters. The molecule has 0 radical (unpaired) electrons. The maximum Gasteiger partial charge on any atom is 0.363 e. The molecule has 0 saturated heterocycles. The van der Waals surface area contributed by atoms with Gasteiger partial charge in [-0.2, -0.15) is 0 Å². The molecule has 0 bridgehead atoms. The summed E-state index contributed by atoms with van der Waals surface area (Å²) in [6.07, 6.45) is 1.57. The van der Waals surface area contributed by atoms with E-state index in [1.807, 2.05) is 12.1 Å². The number of ether oxygens (including phenoxy) is 5. The van der Waals surface area contributed by atoms with Crippen LogP contribution in [0.1, 0.15) is 21.5 Å². The van der Waals surface area contributed by atoms with Crippen LogP contribution in [-0.2, 0) is 9.53 Å². The minimum Gasteiger partial charge on any atom is -0.493 e. The predicted molar refractivity (Wildman–Crippen MR) is 125 cm³/mol. The number of aliphatic imine (C=N–C) groups is 1. The Bertz CT molecular complexity index is 1360. The number of fused-ring (bicyclic) bond motifs is 1. The Hall–Kier alpha value is -4.11. The second-order valence-electron chi connectivity index (χ2n) is 7.21. The molecule has 0 fully saturated rings.